The summed E-state index contributed by atoms with van der Waals surface area (Å²) < 4.78 is 0. The van der Waals surface area contributed by atoms with Gasteiger partial charge in [0, 0.05) is 23.7 Å². The molecule has 2 N–H and O–H groups in total. The number of carbonyl (C=O) groups is 2. The molecule has 0 aromatic heterocycles. The lowest BCUT2D eigenvalue weighted by Crippen LogP contribution is -2.32. The Morgan fingerprint density at radius 3 is 2.26 bits per heavy atom. The second kappa shape index (κ2) is 10.0. The fourth-order valence-electron chi connectivity index (χ4n) is 2.37. The molecule has 0 heterocycles. The molecule has 2 amide bonds. The average molecular weight is 318 g/mol. The number of carbonyl (C=O) groups excluding carboxylic acids is 2. The lowest BCUT2D eigenvalue weighted by atomic mass is 10.0. The van der Waals surface area contributed by atoms with E-state index in [1.807, 2.05) is 13.8 Å². The number of nitrogens with one attached hydrogen (secondary N) is 2. The molecule has 1 aromatic carbocycles. The number of hydrogen-bond acceptors (Lipinski definition) is 2. The Bertz CT molecular complexity index is 495. The Labute approximate surface area is 140 Å². The van der Waals surface area contributed by atoms with Crippen molar-refractivity contribution in [1.29, 1.82) is 0 Å². The number of benzene rings is 1. The van der Waals surface area contributed by atoms with Gasteiger partial charge in [-0.15, -0.1) is 0 Å². The van der Waals surface area contributed by atoms with E-state index in [1.165, 1.54) is 6.42 Å². The van der Waals surface area contributed by atoms with Gasteiger partial charge >= 0.3 is 0 Å². The fraction of sp³-hybridized carbons (Fsp3) is 0.579. The van der Waals surface area contributed by atoms with Gasteiger partial charge in [-0.1, -0.05) is 33.6 Å². The van der Waals surface area contributed by atoms with E-state index in [2.05, 4.69) is 24.5 Å². The van der Waals surface area contributed by atoms with Crippen molar-refractivity contribution in [2.24, 2.45) is 5.92 Å². The Morgan fingerprint density at radius 1 is 1.04 bits per heavy atom. The summed E-state index contributed by atoms with van der Waals surface area (Å²) >= 11 is 0. The van der Waals surface area contributed by atoms with Crippen LogP contribution in [0.3, 0.4) is 0 Å². The molecule has 0 saturated carbocycles. The van der Waals surface area contributed by atoms with E-state index in [-0.39, 0.29) is 17.9 Å². The van der Waals surface area contributed by atoms with Crippen molar-refractivity contribution >= 4 is 17.5 Å². The maximum absolute atomic E-state index is 12.2. The van der Waals surface area contributed by atoms with Crippen LogP contribution in [0.15, 0.2) is 24.3 Å². The number of amides is 2. The highest BCUT2D eigenvalue weighted by Crippen LogP contribution is 2.12. The van der Waals surface area contributed by atoms with Crippen molar-refractivity contribution in [3.8, 4) is 0 Å². The molecule has 1 atom stereocenters. The van der Waals surface area contributed by atoms with Gasteiger partial charge in [0.15, 0.2) is 0 Å². The van der Waals surface area contributed by atoms with Gasteiger partial charge in [0.2, 0.25) is 5.91 Å². The van der Waals surface area contributed by atoms with Gasteiger partial charge < -0.3 is 10.6 Å². The average Bonchev–Trinajstić information content (AvgIpc) is 2.47. The van der Waals surface area contributed by atoms with E-state index in [4.69, 9.17) is 0 Å². The van der Waals surface area contributed by atoms with Gasteiger partial charge in [0.1, 0.15) is 0 Å². The molecule has 1 rings (SSSR count). The van der Waals surface area contributed by atoms with Gasteiger partial charge in [-0.3, -0.25) is 9.59 Å². The lowest BCUT2D eigenvalue weighted by molar-refractivity contribution is -0.116. The predicted molar refractivity (Wildman–Crippen MR) is 95.6 cm³/mol. The second-order valence-corrected chi connectivity index (χ2v) is 6.57. The van der Waals surface area contributed by atoms with Gasteiger partial charge in [-0.05, 0) is 49.9 Å². The number of rotatable bonds is 9. The van der Waals surface area contributed by atoms with Gasteiger partial charge in [0.05, 0.1) is 0 Å². The summed E-state index contributed by atoms with van der Waals surface area (Å²) in [5, 5.41) is 5.84. The predicted octanol–water partition coefficient (Wildman–Crippen LogP) is 4.37. The second-order valence-electron chi connectivity index (χ2n) is 6.57. The number of anilines is 1. The van der Waals surface area contributed by atoms with Crippen molar-refractivity contribution in [2.45, 2.75) is 65.8 Å². The first-order chi connectivity index (χ1) is 10.9. The highest BCUT2D eigenvalue weighted by molar-refractivity contribution is 5.95. The van der Waals surface area contributed by atoms with Crippen LogP contribution in [0.1, 0.15) is 70.2 Å². The summed E-state index contributed by atoms with van der Waals surface area (Å²) in [5.41, 5.74) is 1.35. The van der Waals surface area contributed by atoms with Crippen LogP contribution in [0.2, 0.25) is 0 Å². The summed E-state index contributed by atoms with van der Waals surface area (Å²) in [4.78, 5) is 23.7. The molecule has 0 radical (unpaired) electrons. The minimum absolute atomic E-state index is 0.00322. The van der Waals surface area contributed by atoms with Gasteiger partial charge in [-0.2, -0.15) is 0 Å². The zero-order valence-electron chi connectivity index (χ0n) is 14.8. The number of hydrogen-bond donors (Lipinski definition) is 2. The van der Waals surface area contributed by atoms with Crippen molar-refractivity contribution in [3.05, 3.63) is 29.8 Å². The molecule has 23 heavy (non-hydrogen) atoms. The van der Waals surface area contributed by atoms with Crippen LogP contribution in [0.5, 0.6) is 0 Å². The first-order valence-electron chi connectivity index (χ1n) is 8.63. The third-order valence-electron chi connectivity index (χ3n) is 3.70. The van der Waals surface area contributed by atoms with Gasteiger partial charge in [-0.25, -0.2) is 0 Å². The van der Waals surface area contributed by atoms with Crippen LogP contribution in [0.4, 0.5) is 5.69 Å². The third kappa shape index (κ3) is 7.82. The third-order valence-corrected chi connectivity index (χ3v) is 3.70. The maximum Gasteiger partial charge on any atom is 0.251 e. The molecule has 0 bridgehead atoms. The van der Waals surface area contributed by atoms with Crippen molar-refractivity contribution < 1.29 is 9.59 Å². The molecule has 0 unspecified atom stereocenters. The molecule has 0 saturated heterocycles. The molecule has 0 spiro atoms. The highest BCUT2D eigenvalue weighted by atomic mass is 16.2. The van der Waals surface area contributed by atoms with Crippen LogP contribution in [-0.4, -0.2) is 17.9 Å². The summed E-state index contributed by atoms with van der Waals surface area (Å²) in [5.74, 6) is 0.644. The maximum atomic E-state index is 12.2. The first kappa shape index (κ1) is 19.2. The van der Waals surface area contributed by atoms with E-state index in [0.29, 0.717) is 17.9 Å². The molecule has 0 fully saturated rings. The van der Waals surface area contributed by atoms with Gasteiger partial charge in [0.25, 0.3) is 5.91 Å². The largest absolute Gasteiger partial charge is 0.350 e. The summed E-state index contributed by atoms with van der Waals surface area (Å²) in [7, 11) is 0. The molecule has 1 aromatic rings. The minimum Gasteiger partial charge on any atom is -0.350 e. The van der Waals surface area contributed by atoms with E-state index in [9.17, 15) is 9.59 Å². The normalized spacial score (nSPS) is 12.0. The van der Waals surface area contributed by atoms with Crippen molar-refractivity contribution in [3.63, 3.8) is 0 Å². The molecular formula is C19H30N2O2. The van der Waals surface area contributed by atoms with Crippen LogP contribution in [0, 0.1) is 5.92 Å². The molecule has 4 nitrogen and oxygen atoms in total. The van der Waals surface area contributed by atoms with E-state index < -0.39 is 0 Å². The van der Waals surface area contributed by atoms with E-state index >= 15 is 0 Å². The lowest BCUT2D eigenvalue weighted by Gasteiger charge is -2.15. The molecule has 128 valence electrons. The quantitative estimate of drug-likeness (QED) is 0.710. The van der Waals surface area contributed by atoms with Crippen LogP contribution in [-0.2, 0) is 4.79 Å². The smallest absolute Gasteiger partial charge is 0.251 e. The van der Waals surface area contributed by atoms with Crippen LogP contribution in [0.25, 0.3) is 0 Å². The Kier molecular flexibility index (Phi) is 8.38. The molecule has 0 aliphatic heterocycles. The van der Waals surface area contributed by atoms with Crippen LogP contribution >= 0.6 is 0 Å². The Hall–Kier alpha value is -1.84. The SMILES string of the molecule is CCCC(=O)Nc1ccc(C(=O)N[C@H](C)CCCC(C)C)cc1. The molecule has 4 heteroatoms. The summed E-state index contributed by atoms with van der Waals surface area (Å²) in [6.45, 7) is 8.43. The Morgan fingerprint density at radius 2 is 1.70 bits per heavy atom. The molecular weight excluding hydrogens is 288 g/mol. The van der Waals surface area contributed by atoms with Crippen molar-refractivity contribution in [1.82, 2.24) is 5.32 Å². The Balaban J connectivity index is 2.45. The topological polar surface area (TPSA) is 58.2 Å². The van der Waals surface area contributed by atoms with E-state index in [0.717, 1.165) is 24.9 Å². The van der Waals surface area contributed by atoms with Crippen molar-refractivity contribution in [2.75, 3.05) is 5.32 Å². The minimum atomic E-state index is -0.0616. The summed E-state index contributed by atoms with van der Waals surface area (Å²) in [6.07, 6.45) is 4.64. The standard InChI is InChI=1S/C19H30N2O2/c1-5-7-18(22)21-17-12-10-16(11-13-17)19(23)20-15(4)9-6-8-14(2)3/h10-15H,5-9H2,1-4H3,(H,20,23)(H,21,22)/t15-/m1/s1. The summed E-state index contributed by atoms with van der Waals surface area (Å²) in [6, 6.07) is 7.21. The van der Waals surface area contributed by atoms with Crippen LogP contribution < -0.4 is 10.6 Å². The fourth-order valence-corrected chi connectivity index (χ4v) is 2.37. The zero-order valence-corrected chi connectivity index (χ0v) is 14.8. The monoisotopic (exact) mass is 318 g/mol. The van der Waals surface area contributed by atoms with E-state index in [1.54, 1.807) is 24.3 Å². The first-order valence-corrected chi connectivity index (χ1v) is 8.63. The molecule has 0 aliphatic rings. The highest BCUT2D eigenvalue weighted by Gasteiger charge is 2.10. The zero-order chi connectivity index (χ0) is 17.2. The molecule has 0 aliphatic carbocycles.